The van der Waals surface area contributed by atoms with Gasteiger partial charge in [-0.2, -0.15) is 0 Å². The predicted molar refractivity (Wildman–Crippen MR) is 134 cm³/mol. The van der Waals surface area contributed by atoms with E-state index in [0.29, 0.717) is 0 Å². The highest BCUT2D eigenvalue weighted by atomic mass is 14.2. The summed E-state index contributed by atoms with van der Waals surface area (Å²) in [6.45, 7) is 8.59. The Morgan fingerprint density at radius 2 is 1.17 bits per heavy atom. The lowest BCUT2D eigenvalue weighted by atomic mass is 9.81. The van der Waals surface area contributed by atoms with Crippen LogP contribution in [0.25, 0.3) is 0 Å². The van der Waals surface area contributed by atoms with Crippen LogP contribution >= 0.6 is 0 Å². The van der Waals surface area contributed by atoms with Crippen LogP contribution < -0.4 is 0 Å². The van der Waals surface area contributed by atoms with Crippen LogP contribution in [0.3, 0.4) is 0 Å². The zero-order valence-electron chi connectivity index (χ0n) is 20.4. The minimum absolute atomic E-state index is 0.938. The highest BCUT2D eigenvalue weighted by Crippen LogP contribution is 2.34. The Hall–Kier alpha value is -0.520. The van der Waals surface area contributed by atoms with Gasteiger partial charge in [0.1, 0.15) is 0 Å². The van der Waals surface area contributed by atoms with E-state index in [1.807, 2.05) is 11.1 Å². The van der Waals surface area contributed by atoms with Crippen molar-refractivity contribution in [2.45, 2.75) is 155 Å². The summed E-state index contributed by atoms with van der Waals surface area (Å²) in [5.41, 5.74) is 3.74. The largest absolute Gasteiger partial charge is 0.103 e. The second-order valence-electron chi connectivity index (χ2n) is 9.94. The SMILES string of the molecule is C=CCCCCCCCCCCCCCCCCC1=C(CCCC)CCC(C)C1. The number of hydrogen-bond acceptors (Lipinski definition) is 0. The fourth-order valence-electron chi connectivity index (χ4n) is 4.98. The summed E-state index contributed by atoms with van der Waals surface area (Å²) in [5.74, 6) is 0.938. The van der Waals surface area contributed by atoms with Crippen LogP contribution in [0.5, 0.6) is 0 Å². The van der Waals surface area contributed by atoms with Crippen molar-refractivity contribution < 1.29 is 0 Å². The Balaban J connectivity index is 1.90. The van der Waals surface area contributed by atoms with Crippen LogP contribution in [-0.4, -0.2) is 0 Å². The summed E-state index contributed by atoms with van der Waals surface area (Å²) in [6.07, 6.45) is 33.4. The van der Waals surface area contributed by atoms with Crippen molar-refractivity contribution in [2.24, 2.45) is 5.92 Å². The first-order valence-corrected chi connectivity index (χ1v) is 13.6. The third kappa shape index (κ3) is 15.0. The average molecular weight is 403 g/mol. The lowest BCUT2D eigenvalue weighted by molar-refractivity contribution is 0.467. The quantitative estimate of drug-likeness (QED) is 0.140. The van der Waals surface area contributed by atoms with E-state index in [0.717, 1.165) is 5.92 Å². The Morgan fingerprint density at radius 1 is 0.690 bits per heavy atom. The molecule has 1 rings (SSSR count). The molecule has 0 aromatic rings. The van der Waals surface area contributed by atoms with Gasteiger partial charge in [0.15, 0.2) is 0 Å². The maximum atomic E-state index is 3.80. The number of unbranched alkanes of at least 4 members (excludes halogenated alkanes) is 15. The van der Waals surface area contributed by atoms with Crippen molar-refractivity contribution >= 4 is 0 Å². The molecule has 1 atom stereocenters. The topological polar surface area (TPSA) is 0 Å². The van der Waals surface area contributed by atoms with E-state index in [4.69, 9.17) is 0 Å². The molecule has 0 heterocycles. The minimum Gasteiger partial charge on any atom is -0.103 e. The van der Waals surface area contributed by atoms with Gasteiger partial charge in [-0.25, -0.2) is 0 Å². The van der Waals surface area contributed by atoms with Gasteiger partial charge >= 0.3 is 0 Å². The van der Waals surface area contributed by atoms with Gasteiger partial charge in [-0.1, -0.05) is 115 Å². The van der Waals surface area contributed by atoms with E-state index < -0.39 is 0 Å². The standard InChI is InChI=1S/C29H54/c1-4-6-8-9-10-11-12-13-14-15-16-17-18-19-20-21-23-29-26-27(3)24-25-28(29)22-7-5-2/h4,27H,1,5-26H2,2-3H3. The second-order valence-corrected chi connectivity index (χ2v) is 9.94. The molecular weight excluding hydrogens is 348 g/mol. The van der Waals surface area contributed by atoms with Gasteiger partial charge in [0.2, 0.25) is 0 Å². The van der Waals surface area contributed by atoms with Crippen molar-refractivity contribution in [2.75, 3.05) is 0 Å². The molecule has 0 heteroatoms. The molecule has 0 aromatic heterocycles. The van der Waals surface area contributed by atoms with Crippen molar-refractivity contribution in [3.8, 4) is 0 Å². The molecule has 0 saturated carbocycles. The van der Waals surface area contributed by atoms with Crippen LogP contribution in [0.2, 0.25) is 0 Å². The molecular formula is C29H54. The van der Waals surface area contributed by atoms with Crippen LogP contribution in [0.4, 0.5) is 0 Å². The lowest BCUT2D eigenvalue weighted by Gasteiger charge is -2.25. The molecule has 1 unspecified atom stereocenters. The molecule has 0 amide bonds. The zero-order chi connectivity index (χ0) is 21.0. The zero-order valence-corrected chi connectivity index (χ0v) is 20.4. The first-order chi connectivity index (χ1) is 14.3. The summed E-state index contributed by atoms with van der Waals surface area (Å²) in [4.78, 5) is 0. The van der Waals surface area contributed by atoms with Gasteiger partial charge in [0.05, 0.1) is 0 Å². The first kappa shape index (κ1) is 26.5. The van der Waals surface area contributed by atoms with Gasteiger partial charge in [-0.3, -0.25) is 0 Å². The molecule has 1 aliphatic carbocycles. The molecule has 0 spiro atoms. The molecule has 0 nitrogen and oxygen atoms in total. The average Bonchev–Trinajstić information content (AvgIpc) is 2.73. The van der Waals surface area contributed by atoms with Crippen LogP contribution in [-0.2, 0) is 0 Å². The van der Waals surface area contributed by atoms with Crippen molar-refractivity contribution in [3.05, 3.63) is 23.8 Å². The fraction of sp³-hybridized carbons (Fsp3) is 0.862. The Labute approximate surface area is 185 Å². The minimum atomic E-state index is 0.938. The molecule has 1 aliphatic rings. The third-order valence-corrected chi connectivity index (χ3v) is 7.00. The van der Waals surface area contributed by atoms with E-state index in [1.54, 1.807) is 0 Å². The van der Waals surface area contributed by atoms with E-state index in [1.165, 1.54) is 141 Å². The fourth-order valence-corrected chi connectivity index (χ4v) is 4.98. The van der Waals surface area contributed by atoms with Crippen LogP contribution in [0.1, 0.15) is 155 Å². The molecule has 0 bridgehead atoms. The molecule has 0 saturated heterocycles. The Bertz CT molecular complexity index is 402. The molecule has 0 aromatic carbocycles. The second kappa shape index (κ2) is 19.4. The Morgan fingerprint density at radius 3 is 1.69 bits per heavy atom. The maximum absolute atomic E-state index is 3.80. The molecule has 0 fully saturated rings. The van der Waals surface area contributed by atoms with Crippen LogP contribution in [0.15, 0.2) is 23.8 Å². The van der Waals surface area contributed by atoms with E-state index in [2.05, 4.69) is 26.5 Å². The van der Waals surface area contributed by atoms with Gasteiger partial charge in [-0.15, -0.1) is 6.58 Å². The van der Waals surface area contributed by atoms with Gasteiger partial charge in [0.25, 0.3) is 0 Å². The van der Waals surface area contributed by atoms with Gasteiger partial charge in [0, 0.05) is 0 Å². The highest BCUT2D eigenvalue weighted by Gasteiger charge is 2.17. The highest BCUT2D eigenvalue weighted by molar-refractivity contribution is 5.18. The van der Waals surface area contributed by atoms with Crippen molar-refractivity contribution in [1.29, 1.82) is 0 Å². The van der Waals surface area contributed by atoms with E-state index in [-0.39, 0.29) is 0 Å². The van der Waals surface area contributed by atoms with Gasteiger partial charge < -0.3 is 0 Å². The monoisotopic (exact) mass is 402 g/mol. The summed E-state index contributed by atoms with van der Waals surface area (Å²) < 4.78 is 0. The maximum Gasteiger partial charge on any atom is -0.0292 e. The number of allylic oxidation sites excluding steroid dienone is 3. The Kier molecular flexibility index (Phi) is 17.8. The molecule has 0 N–H and O–H groups in total. The van der Waals surface area contributed by atoms with Crippen LogP contribution in [0, 0.1) is 5.92 Å². The third-order valence-electron chi connectivity index (χ3n) is 7.00. The number of rotatable bonds is 20. The lowest BCUT2D eigenvalue weighted by Crippen LogP contribution is -2.08. The number of hydrogen-bond donors (Lipinski definition) is 0. The summed E-state index contributed by atoms with van der Waals surface area (Å²) in [5, 5.41) is 0. The summed E-state index contributed by atoms with van der Waals surface area (Å²) in [7, 11) is 0. The normalized spacial score (nSPS) is 17.1. The first-order valence-electron chi connectivity index (χ1n) is 13.6. The van der Waals surface area contributed by atoms with E-state index >= 15 is 0 Å². The van der Waals surface area contributed by atoms with Crippen molar-refractivity contribution in [1.82, 2.24) is 0 Å². The van der Waals surface area contributed by atoms with Gasteiger partial charge in [-0.05, 0) is 63.7 Å². The molecule has 0 radical (unpaired) electrons. The molecule has 170 valence electrons. The molecule has 29 heavy (non-hydrogen) atoms. The summed E-state index contributed by atoms with van der Waals surface area (Å²) >= 11 is 0. The molecule has 0 aliphatic heterocycles. The predicted octanol–water partition coefficient (Wildman–Crippen LogP) is 10.7. The summed E-state index contributed by atoms with van der Waals surface area (Å²) in [6, 6.07) is 0. The smallest absolute Gasteiger partial charge is 0.0292 e. The van der Waals surface area contributed by atoms with E-state index in [9.17, 15) is 0 Å². The van der Waals surface area contributed by atoms with Crippen molar-refractivity contribution in [3.63, 3.8) is 0 Å².